The molecule has 9 heteroatoms. The van der Waals surface area contributed by atoms with Crippen molar-refractivity contribution in [3.63, 3.8) is 0 Å². The van der Waals surface area contributed by atoms with Crippen molar-refractivity contribution >= 4 is 60.4 Å². The molecule has 0 spiro atoms. The van der Waals surface area contributed by atoms with Crippen LogP contribution in [0.1, 0.15) is 28.3 Å². The van der Waals surface area contributed by atoms with Crippen LogP contribution in [-0.2, 0) is 12.8 Å². The predicted octanol–water partition coefficient (Wildman–Crippen LogP) is 5.06. The van der Waals surface area contributed by atoms with Crippen molar-refractivity contribution in [3.8, 4) is 6.07 Å². The fourth-order valence-electron chi connectivity index (χ4n) is 3.64. The number of nitrogens with zero attached hydrogens (tertiary/aromatic N) is 3. The SMILES string of the molecule is N#C/C(=C(/O)CSc1nc2sc3c(c2c(=O)[nH]1)CCCC3)c1nc2ccccc2s1. The van der Waals surface area contributed by atoms with E-state index in [4.69, 9.17) is 0 Å². The maximum absolute atomic E-state index is 12.7. The van der Waals surface area contributed by atoms with Crippen LogP contribution in [0.2, 0.25) is 0 Å². The van der Waals surface area contributed by atoms with Gasteiger partial charge in [0.05, 0.1) is 21.4 Å². The van der Waals surface area contributed by atoms with E-state index in [1.54, 1.807) is 11.3 Å². The van der Waals surface area contributed by atoms with E-state index in [0.717, 1.165) is 46.3 Å². The number of H-pyrrole nitrogens is 1. The Bertz CT molecular complexity index is 1370. The van der Waals surface area contributed by atoms with Gasteiger partial charge in [-0.05, 0) is 43.4 Å². The van der Waals surface area contributed by atoms with E-state index >= 15 is 0 Å². The highest BCUT2D eigenvalue weighted by atomic mass is 32.2. The smallest absolute Gasteiger partial charge is 0.260 e. The van der Waals surface area contributed by atoms with Crippen LogP contribution in [-0.4, -0.2) is 25.8 Å². The number of aryl methyl sites for hydroxylation is 2. The second-order valence-electron chi connectivity index (χ2n) is 6.97. The van der Waals surface area contributed by atoms with Gasteiger partial charge in [0.1, 0.15) is 27.2 Å². The lowest BCUT2D eigenvalue weighted by molar-refractivity contribution is 0.420. The number of hydrogen-bond acceptors (Lipinski definition) is 8. The highest BCUT2D eigenvalue weighted by Gasteiger charge is 2.20. The number of benzene rings is 1. The summed E-state index contributed by atoms with van der Waals surface area (Å²) in [7, 11) is 0. The quantitative estimate of drug-likeness (QED) is 0.194. The summed E-state index contributed by atoms with van der Waals surface area (Å²) in [6.45, 7) is 0. The first-order valence-electron chi connectivity index (χ1n) is 9.49. The molecule has 150 valence electrons. The highest BCUT2D eigenvalue weighted by Crippen LogP contribution is 2.34. The molecule has 1 aliphatic rings. The van der Waals surface area contributed by atoms with Crippen LogP contribution in [0.15, 0.2) is 40.0 Å². The van der Waals surface area contributed by atoms with Gasteiger partial charge in [0, 0.05) is 4.88 Å². The van der Waals surface area contributed by atoms with Crippen LogP contribution in [0.4, 0.5) is 0 Å². The molecule has 0 radical (unpaired) electrons. The van der Waals surface area contributed by atoms with Gasteiger partial charge < -0.3 is 10.1 Å². The predicted molar refractivity (Wildman–Crippen MR) is 122 cm³/mol. The molecule has 0 saturated heterocycles. The third-order valence-corrected chi connectivity index (χ3v) is 8.18. The summed E-state index contributed by atoms with van der Waals surface area (Å²) in [5.41, 5.74) is 1.97. The number of thiazole rings is 1. The summed E-state index contributed by atoms with van der Waals surface area (Å²) >= 11 is 4.17. The number of fused-ring (bicyclic) bond motifs is 4. The van der Waals surface area contributed by atoms with Crippen LogP contribution in [0, 0.1) is 11.3 Å². The number of nitrogens with one attached hydrogen (secondary N) is 1. The molecule has 0 amide bonds. The minimum absolute atomic E-state index is 0.0743. The molecule has 1 aromatic carbocycles. The van der Waals surface area contributed by atoms with Crippen molar-refractivity contribution in [2.45, 2.75) is 30.8 Å². The monoisotopic (exact) mass is 452 g/mol. The second kappa shape index (κ2) is 7.87. The minimum atomic E-state index is -0.128. The zero-order valence-electron chi connectivity index (χ0n) is 15.8. The van der Waals surface area contributed by atoms with Crippen molar-refractivity contribution in [3.05, 3.63) is 55.8 Å². The Labute approximate surface area is 183 Å². The number of nitriles is 1. The fourth-order valence-corrected chi connectivity index (χ4v) is 6.68. The fraction of sp³-hybridized carbons (Fsp3) is 0.238. The Balaban J connectivity index is 1.43. The molecule has 0 aliphatic heterocycles. The van der Waals surface area contributed by atoms with Gasteiger partial charge in [0.2, 0.25) is 0 Å². The Morgan fingerprint density at radius 3 is 2.90 bits per heavy atom. The van der Waals surface area contributed by atoms with Crippen LogP contribution >= 0.6 is 34.4 Å². The zero-order chi connectivity index (χ0) is 20.7. The van der Waals surface area contributed by atoms with Crippen LogP contribution in [0.25, 0.3) is 26.0 Å². The number of hydrogen-bond donors (Lipinski definition) is 2. The number of aliphatic hydroxyl groups excluding tert-OH is 1. The Morgan fingerprint density at radius 1 is 1.23 bits per heavy atom. The lowest BCUT2D eigenvalue weighted by atomic mass is 9.97. The summed E-state index contributed by atoms with van der Waals surface area (Å²) in [5, 5.41) is 21.8. The third-order valence-electron chi connectivity index (χ3n) is 5.06. The maximum Gasteiger partial charge on any atom is 0.260 e. The van der Waals surface area contributed by atoms with Crippen molar-refractivity contribution in [1.82, 2.24) is 15.0 Å². The van der Waals surface area contributed by atoms with E-state index in [0.29, 0.717) is 15.6 Å². The molecule has 30 heavy (non-hydrogen) atoms. The molecular formula is C21H16N4O2S3. The Kier molecular flexibility index (Phi) is 5.06. The number of aromatic amines is 1. The van der Waals surface area contributed by atoms with E-state index in [-0.39, 0.29) is 22.6 Å². The molecule has 2 N–H and O–H groups in total. The summed E-state index contributed by atoms with van der Waals surface area (Å²) < 4.78 is 0.957. The number of thioether (sulfide) groups is 1. The number of allylic oxidation sites excluding steroid dienone is 1. The zero-order valence-corrected chi connectivity index (χ0v) is 18.2. The number of thiophene rings is 1. The van der Waals surface area contributed by atoms with E-state index in [1.165, 1.54) is 28.0 Å². The van der Waals surface area contributed by atoms with Crippen molar-refractivity contribution in [2.75, 3.05) is 5.75 Å². The lowest BCUT2D eigenvalue weighted by Gasteiger charge is -2.09. The molecule has 3 heterocycles. The minimum Gasteiger partial charge on any atom is -0.510 e. The van der Waals surface area contributed by atoms with Gasteiger partial charge in [-0.1, -0.05) is 23.9 Å². The first-order valence-corrected chi connectivity index (χ1v) is 12.1. The van der Waals surface area contributed by atoms with Crippen molar-refractivity contribution in [2.24, 2.45) is 0 Å². The van der Waals surface area contributed by atoms with Crippen molar-refractivity contribution < 1.29 is 5.11 Å². The van der Waals surface area contributed by atoms with E-state index < -0.39 is 0 Å². The molecule has 6 nitrogen and oxygen atoms in total. The average molecular weight is 453 g/mol. The molecule has 1 aliphatic carbocycles. The molecule has 0 unspecified atom stereocenters. The van der Waals surface area contributed by atoms with Crippen molar-refractivity contribution in [1.29, 1.82) is 5.26 Å². The third kappa shape index (κ3) is 3.41. The van der Waals surface area contributed by atoms with E-state index in [1.807, 2.05) is 24.3 Å². The highest BCUT2D eigenvalue weighted by molar-refractivity contribution is 7.99. The van der Waals surface area contributed by atoms with E-state index in [2.05, 4.69) is 21.0 Å². The standard InChI is InChI=1S/C21H16N4O2S3/c22-9-12(19-23-13-6-2-4-8-16(13)30-19)14(26)10-28-21-24-18(27)17-11-5-1-3-7-15(11)29-20(17)25-21/h2,4,6,8,26H,1,3,5,7,10H2,(H,24,25,27)/b14-12-. The van der Waals surface area contributed by atoms with Gasteiger partial charge in [-0.2, -0.15) is 5.26 Å². The van der Waals surface area contributed by atoms with Gasteiger partial charge in [-0.15, -0.1) is 22.7 Å². The number of para-hydroxylation sites is 1. The molecular weight excluding hydrogens is 436 g/mol. The van der Waals surface area contributed by atoms with Gasteiger partial charge in [-0.3, -0.25) is 4.79 Å². The molecule has 0 saturated carbocycles. The molecule has 4 aromatic rings. The molecule has 0 fully saturated rings. The van der Waals surface area contributed by atoms with Crippen LogP contribution in [0.5, 0.6) is 0 Å². The van der Waals surface area contributed by atoms with Gasteiger partial charge in [0.25, 0.3) is 5.56 Å². The summed E-state index contributed by atoms with van der Waals surface area (Å²) in [5.74, 6) is 0.0491. The van der Waals surface area contributed by atoms with Gasteiger partial charge in [0.15, 0.2) is 5.16 Å². The van der Waals surface area contributed by atoms with Crippen LogP contribution in [0.3, 0.4) is 0 Å². The Hall–Kier alpha value is -2.67. The van der Waals surface area contributed by atoms with Gasteiger partial charge >= 0.3 is 0 Å². The first kappa shape index (κ1) is 19.3. The molecule has 5 rings (SSSR count). The summed E-state index contributed by atoms with van der Waals surface area (Å²) in [4.78, 5) is 26.6. The number of aromatic nitrogens is 3. The molecule has 0 atom stereocenters. The van der Waals surface area contributed by atoms with E-state index in [9.17, 15) is 15.2 Å². The van der Waals surface area contributed by atoms with Gasteiger partial charge in [-0.25, -0.2) is 9.97 Å². The molecule has 0 bridgehead atoms. The first-order chi connectivity index (χ1) is 14.6. The molecule has 3 aromatic heterocycles. The second-order valence-corrected chi connectivity index (χ2v) is 10.0. The average Bonchev–Trinajstić information content (AvgIpc) is 3.34. The maximum atomic E-state index is 12.7. The normalized spacial score (nSPS) is 14.5. The summed E-state index contributed by atoms with van der Waals surface area (Å²) in [6, 6.07) is 9.67. The van der Waals surface area contributed by atoms with Crippen LogP contribution < -0.4 is 5.56 Å². The number of rotatable bonds is 4. The lowest BCUT2D eigenvalue weighted by Crippen LogP contribution is -2.11. The number of aliphatic hydroxyl groups is 1. The largest absolute Gasteiger partial charge is 0.510 e. The summed E-state index contributed by atoms with van der Waals surface area (Å²) in [6.07, 6.45) is 4.20. The Morgan fingerprint density at radius 2 is 2.07 bits per heavy atom. The topological polar surface area (TPSA) is 103 Å².